The van der Waals surface area contributed by atoms with Crippen molar-refractivity contribution in [2.45, 2.75) is 38.6 Å². The van der Waals surface area contributed by atoms with Crippen LogP contribution < -0.4 is 10.6 Å². The van der Waals surface area contributed by atoms with Gasteiger partial charge in [-0.05, 0) is 49.8 Å². The molecule has 102 valence electrons. The highest BCUT2D eigenvalue weighted by atomic mass is 16.2. The summed E-state index contributed by atoms with van der Waals surface area (Å²) in [5, 5.41) is 6.15. The minimum absolute atomic E-state index is 0.00770. The minimum atomic E-state index is -0.228. The summed E-state index contributed by atoms with van der Waals surface area (Å²) >= 11 is 0. The third-order valence-corrected chi connectivity index (χ3v) is 3.58. The standard InChI is InChI=1S/C16H22N2O/c1-3-11-17-16(19)12(2)18-15-10-6-8-13-7-4-5-9-14(13)15/h3,6,8,10,12,18H,1,4-5,7,9,11H2,2H3,(H,17,19). The highest BCUT2D eigenvalue weighted by molar-refractivity contribution is 5.84. The van der Waals surface area contributed by atoms with Gasteiger partial charge in [0.2, 0.25) is 5.91 Å². The Morgan fingerprint density at radius 1 is 1.42 bits per heavy atom. The average molecular weight is 258 g/mol. The first-order chi connectivity index (χ1) is 9.22. The van der Waals surface area contributed by atoms with E-state index in [0.717, 1.165) is 18.5 Å². The lowest BCUT2D eigenvalue weighted by molar-refractivity contribution is -0.121. The summed E-state index contributed by atoms with van der Waals surface area (Å²) in [6, 6.07) is 6.11. The van der Waals surface area contributed by atoms with Gasteiger partial charge in [0.1, 0.15) is 6.04 Å². The van der Waals surface area contributed by atoms with Gasteiger partial charge in [-0.15, -0.1) is 6.58 Å². The van der Waals surface area contributed by atoms with E-state index < -0.39 is 0 Å². The van der Waals surface area contributed by atoms with Gasteiger partial charge in [-0.1, -0.05) is 18.2 Å². The zero-order chi connectivity index (χ0) is 13.7. The SMILES string of the molecule is C=CCNC(=O)C(C)Nc1cccc2c1CCCC2. The topological polar surface area (TPSA) is 41.1 Å². The Labute approximate surface area is 115 Å². The van der Waals surface area contributed by atoms with E-state index in [1.807, 2.05) is 6.92 Å². The lowest BCUT2D eigenvalue weighted by Crippen LogP contribution is -2.37. The lowest BCUT2D eigenvalue weighted by atomic mass is 9.90. The highest BCUT2D eigenvalue weighted by Gasteiger charge is 2.16. The summed E-state index contributed by atoms with van der Waals surface area (Å²) in [6.45, 7) is 6.00. The van der Waals surface area contributed by atoms with Crippen LogP contribution in [-0.2, 0) is 17.6 Å². The Hall–Kier alpha value is -1.77. The number of carbonyl (C=O) groups is 1. The van der Waals surface area contributed by atoms with Crippen LogP contribution in [-0.4, -0.2) is 18.5 Å². The van der Waals surface area contributed by atoms with E-state index in [-0.39, 0.29) is 11.9 Å². The maximum absolute atomic E-state index is 11.9. The molecule has 3 nitrogen and oxygen atoms in total. The van der Waals surface area contributed by atoms with Crippen LogP contribution in [0.3, 0.4) is 0 Å². The third-order valence-electron chi connectivity index (χ3n) is 3.58. The van der Waals surface area contributed by atoms with E-state index >= 15 is 0 Å². The van der Waals surface area contributed by atoms with Crippen LogP contribution >= 0.6 is 0 Å². The lowest BCUT2D eigenvalue weighted by Gasteiger charge is -2.22. The monoisotopic (exact) mass is 258 g/mol. The van der Waals surface area contributed by atoms with Gasteiger partial charge in [0.05, 0.1) is 0 Å². The molecule has 2 N–H and O–H groups in total. The molecule has 0 aliphatic heterocycles. The Kier molecular flexibility index (Phi) is 4.61. The number of anilines is 1. The molecule has 0 spiro atoms. The number of hydrogen-bond acceptors (Lipinski definition) is 2. The zero-order valence-corrected chi connectivity index (χ0v) is 11.5. The van der Waals surface area contributed by atoms with Crippen molar-refractivity contribution in [3.05, 3.63) is 42.0 Å². The Morgan fingerprint density at radius 2 is 2.21 bits per heavy atom. The first kappa shape index (κ1) is 13.7. The molecule has 1 aromatic rings. The van der Waals surface area contributed by atoms with Crippen molar-refractivity contribution in [2.24, 2.45) is 0 Å². The number of rotatable bonds is 5. The summed E-state index contributed by atoms with van der Waals surface area (Å²) in [6.07, 6.45) is 6.46. The number of amides is 1. The van der Waals surface area contributed by atoms with E-state index in [0.29, 0.717) is 6.54 Å². The molecule has 19 heavy (non-hydrogen) atoms. The van der Waals surface area contributed by atoms with Gasteiger partial charge in [0, 0.05) is 12.2 Å². The van der Waals surface area contributed by atoms with Crippen LogP contribution in [0.5, 0.6) is 0 Å². The molecule has 0 saturated carbocycles. The van der Waals surface area contributed by atoms with Crippen molar-refractivity contribution in [3.8, 4) is 0 Å². The molecule has 0 saturated heterocycles. The predicted octanol–water partition coefficient (Wildman–Crippen LogP) is 2.67. The van der Waals surface area contributed by atoms with E-state index in [2.05, 4.69) is 35.4 Å². The number of aryl methyl sites for hydroxylation is 1. The minimum Gasteiger partial charge on any atom is -0.374 e. The molecular weight excluding hydrogens is 236 g/mol. The van der Waals surface area contributed by atoms with Crippen LogP contribution in [0.25, 0.3) is 0 Å². The molecule has 3 heteroatoms. The first-order valence-corrected chi connectivity index (χ1v) is 6.98. The summed E-state index contributed by atoms with van der Waals surface area (Å²) in [7, 11) is 0. The van der Waals surface area contributed by atoms with Crippen molar-refractivity contribution in [1.82, 2.24) is 5.32 Å². The maximum Gasteiger partial charge on any atom is 0.242 e. The van der Waals surface area contributed by atoms with Crippen LogP contribution in [0.15, 0.2) is 30.9 Å². The van der Waals surface area contributed by atoms with Gasteiger partial charge in [-0.3, -0.25) is 4.79 Å². The Balaban J connectivity index is 2.06. The van der Waals surface area contributed by atoms with Crippen molar-refractivity contribution in [1.29, 1.82) is 0 Å². The molecule has 0 aromatic heterocycles. The largest absolute Gasteiger partial charge is 0.374 e. The third kappa shape index (κ3) is 3.37. The number of carbonyl (C=O) groups excluding carboxylic acids is 1. The summed E-state index contributed by atoms with van der Waals surface area (Å²) < 4.78 is 0. The molecule has 1 aromatic carbocycles. The number of nitrogens with one attached hydrogen (secondary N) is 2. The van der Waals surface area contributed by atoms with Gasteiger partial charge >= 0.3 is 0 Å². The van der Waals surface area contributed by atoms with Crippen LogP contribution in [0, 0.1) is 0 Å². The van der Waals surface area contributed by atoms with E-state index in [9.17, 15) is 4.79 Å². The maximum atomic E-state index is 11.9. The summed E-state index contributed by atoms with van der Waals surface area (Å²) in [4.78, 5) is 11.9. The highest BCUT2D eigenvalue weighted by Crippen LogP contribution is 2.28. The molecule has 0 radical (unpaired) electrons. The molecule has 2 rings (SSSR count). The van der Waals surface area contributed by atoms with Crippen molar-refractivity contribution in [2.75, 3.05) is 11.9 Å². The number of hydrogen-bond donors (Lipinski definition) is 2. The van der Waals surface area contributed by atoms with Crippen molar-refractivity contribution >= 4 is 11.6 Å². The van der Waals surface area contributed by atoms with Crippen LogP contribution in [0.2, 0.25) is 0 Å². The first-order valence-electron chi connectivity index (χ1n) is 6.98. The molecule has 1 aliphatic rings. The fourth-order valence-corrected chi connectivity index (χ4v) is 2.54. The molecule has 0 bridgehead atoms. The molecule has 1 unspecified atom stereocenters. The van der Waals surface area contributed by atoms with Gasteiger partial charge in [0.25, 0.3) is 0 Å². The van der Waals surface area contributed by atoms with E-state index in [1.54, 1.807) is 6.08 Å². The van der Waals surface area contributed by atoms with Crippen molar-refractivity contribution < 1.29 is 4.79 Å². The van der Waals surface area contributed by atoms with Gasteiger partial charge in [-0.2, -0.15) is 0 Å². The second kappa shape index (κ2) is 6.41. The summed E-state index contributed by atoms with van der Waals surface area (Å²) in [5.41, 5.74) is 3.92. The molecular formula is C16H22N2O. The molecule has 0 heterocycles. The number of benzene rings is 1. The molecule has 1 atom stereocenters. The summed E-state index contributed by atoms with van der Waals surface area (Å²) in [5.74, 6) is 0.00770. The zero-order valence-electron chi connectivity index (χ0n) is 11.5. The number of fused-ring (bicyclic) bond motifs is 1. The second-order valence-corrected chi connectivity index (χ2v) is 5.05. The van der Waals surface area contributed by atoms with Gasteiger partial charge < -0.3 is 10.6 Å². The van der Waals surface area contributed by atoms with E-state index in [1.165, 1.54) is 24.0 Å². The second-order valence-electron chi connectivity index (χ2n) is 5.05. The van der Waals surface area contributed by atoms with Crippen LogP contribution in [0.1, 0.15) is 30.9 Å². The van der Waals surface area contributed by atoms with Crippen LogP contribution in [0.4, 0.5) is 5.69 Å². The molecule has 1 amide bonds. The van der Waals surface area contributed by atoms with Gasteiger partial charge in [-0.25, -0.2) is 0 Å². The average Bonchev–Trinajstić information content (AvgIpc) is 2.45. The molecule has 0 fully saturated rings. The Bertz CT molecular complexity index is 468. The quantitative estimate of drug-likeness (QED) is 0.797. The van der Waals surface area contributed by atoms with Crippen molar-refractivity contribution in [3.63, 3.8) is 0 Å². The smallest absolute Gasteiger partial charge is 0.242 e. The molecule has 1 aliphatic carbocycles. The fourth-order valence-electron chi connectivity index (χ4n) is 2.54. The van der Waals surface area contributed by atoms with Gasteiger partial charge in [0.15, 0.2) is 0 Å². The normalized spacial score (nSPS) is 15.2. The van der Waals surface area contributed by atoms with E-state index in [4.69, 9.17) is 0 Å². The fraction of sp³-hybridized carbons (Fsp3) is 0.438. The predicted molar refractivity (Wildman–Crippen MR) is 79.4 cm³/mol. The Morgan fingerprint density at radius 3 is 3.00 bits per heavy atom.